The summed E-state index contributed by atoms with van der Waals surface area (Å²) in [5, 5.41) is 23.6. The number of aromatic nitrogens is 5. The first kappa shape index (κ1) is 23.9. The molecule has 4 heterocycles. The van der Waals surface area contributed by atoms with Gasteiger partial charge in [-0.3, -0.25) is 4.57 Å². The first-order chi connectivity index (χ1) is 18.4. The van der Waals surface area contributed by atoms with Crippen LogP contribution >= 0.6 is 22.7 Å². The Balaban J connectivity index is 1.25. The first-order valence-corrected chi connectivity index (χ1v) is 13.2. The third kappa shape index (κ3) is 4.66. The lowest BCUT2D eigenvalue weighted by Gasteiger charge is -2.14. The highest BCUT2D eigenvalue weighted by atomic mass is 32.1. The van der Waals surface area contributed by atoms with E-state index in [9.17, 15) is 14.3 Å². The molecule has 0 radical (unpaired) electrons. The van der Waals surface area contributed by atoms with Gasteiger partial charge in [0.2, 0.25) is 0 Å². The number of anilines is 2. The van der Waals surface area contributed by atoms with Gasteiger partial charge in [-0.05, 0) is 43.3 Å². The molecule has 0 spiro atoms. The average molecular weight is 547 g/mol. The molecule has 12 heteroatoms. The van der Waals surface area contributed by atoms with Crippen LogP contribution in [0.5, 0.6) is 5.75 Å². The number of para-hydroxylation sites is 2. The summed E-state index contributed by atoms with van der Waals surface area (Å²) in [6.45, 7) is 1.76. The summed E-state index contributed by atoms with van der Waals surface area (Å²) < 4.78 is 22.5. The van der Waals surface area contributed by atoms with Crippen LogP contribution in [0.2, 0.25) is 0 Å². The van der Waals surface area contributed by atoms with Gasteiger partial charge in [0.1, 0.15) is 6.10 Å². The molecule has 6 aromatic rings. The molecule has 2 aromatic carbocycles. The number of nitrogens with one attached hydrogen (secondary N) is 1. The topological polar surface area (TPSA) is 115 Å². The molecule has 4 aromatic heterocycles. The normalized spacial score (nSPS) is 12.2. The lowest BCUT2D eigenvalue weighted by atomic mass is 10.2. The Morgan fingerprint density at radius 2 is 1.92 bits per heavy atom. The van der Waals surface area contributed by atoms with Crippen LogP contribution in [0.4, 0.5) is 15.3 Å². The highest BCUT2D eigenvalue weighted by molar-refractivity contribution is 7.22. The van der Waals surface area contributed by atoms with Crippen molar-refractivity contribution >= 4 is 60.8 Å². The van der Waals surface area contributed by atoms with Gasteiger partial charge in [0, 0.05) is 22.9 Å². The lowest BCUT2D eigenvalue weighted by molar-refractivity contribution is 0.0689. The Morgan fingerprint density at radius 3 is 2.74 bits per heavy atom. The van der Waals surface area contributed by atoms with Gasteiger partial charge in [-0.25, -0.2) is 19.2 Å². The van der Waals surface area contributed by atoms with Crippen molar-refractivity contribution < 1.29 is 19.0 Å². The van der Waals surface area contributed by atoms with Gasteiger partial charge >= 0.3 is 5.97 Å². The first-order valence-electron chi connectivity index (χ1n) is 11.6. The highest BCUT2D eigenvalue weighted by Gasteiger charge is 2.22. The van der Waals surface area contributed by atoms with E-state index in [1.807, 2.05) is 36.4 Å². The average Bonchev–Trinajstić information content (AvgIpc) is 3.61. The highest BCUT2D eigenvalue weighted by Crippen LogP contribution is 2.30. The van der Waals surface area contributed by atoms with Gasteiger partial charge in [0.25, 0.3) is 0 Å². The number of carboxylic acid groups (broad SMARTS) is 1. The molecular formula is C26H19FN6O3S2. The van der Waals surface area contributed by atoms with E-state index < -0.39 is 17.9 Å². The van der Waals surface area contributed by atoms with E-state index in [2.05, 4.69) is 25.5 Å². The van der Waals surface area contributed by atoms with Gasteiger partial charge in [-0.2, -0.15) is 0 Å². The number of carboxylic acids is 1. The molecule has 190 valence electrons. The van der Waals surface area contributed by atoms with Crippen molar-refractivity contribution in [2.24, 2.45) is 0 Å². The number of benzene rings is 2. The van der Waals surface area contributed by atoms with E-state index in [1.165, 1.54) is 34.8 Å². The standard InChI is InChI=1S/C26H19FN6O3S2/c1-14(36-18-8-4-2-6-16(18)27)12-20-22(24(34)35)30-26(38-20)33-11-10-15-13-21(31-32-23(15)33)29-25-28-17-7-3-5-9-19(17)37-25/h2-11,13-14H,12H2,1H3,(H,34,35)(H,28,29,31). The van der Waals surface area contributed by atoms with Crippen LogP contribution in [0.1, 0.15) is 22.3 Å². The van der Waals surface area contributed by atoms with Crippen molar-refractivity contribution in [2.45, 2.75) is 19.4 Å². The molecule has 1 atom stereocenters. The molecule has 0 amide bonds. The van der Waals surface area contributed by atoms with Crippen LogP contribution in [0.25, 0.3) is 26.4 Å². The number of hydrogen-bond acceptors (Lipinski definition) is 9. The molecule has 0 aliphatic carbocycles. The molecule has 0 saturated heterocycles. The summed E-state index contributed by atoms with van der Waals surface area (Å²) in [5.41, 5.74) is 1.37. The molecule has 0 saturated carbocycles. The fourth-order valence-corrected chi connectivity index (χ4v) is 6.02. The summed E-state index contributed by atoms with van der Waals surface area (Å²) in [6.07, 6.45) is 1.54. The molecule has 2 N–H and O–H groups in total. The summed E-state index contributed by atoms with van der Waals surface area (Å²) in [7, 11) is 0. The summed E-state index contributed by atoms with van der Waals surface area (Å²) in [6, 6.07) is 17.7. The lowest BCUT2D eigenvalue weighted by Crippen LogP contribution is -2.16. The fraction of sp³-hybridized carbons (Fsp3) is 0.115. The number of ether oxygens (including phenoxy) is 1. The minimum absolute atomic E-state index is 0.0714. The largest absolute Gasteiger partial charge is 0.487 e. The van der Waals surface area contributed by atoms with Crippen LogP contribution in [-0.4, -0.2) is 41.9 Å². The number of nitrogens with zero attached hydrogens (tertiary/aromatic N) is 5. The molecule has 6 rings (SSSR count). The molecular weight excluding hydrogens is 527 g/mol. The Morgan fingerprint density at radius 1 is 1.11 bits per heavy atom. The van der Waals surface area contributed by atoms with Gasteiger partial charge < -0.3 is 15.2 Å². The monoisotopic (exact) mass is 546 g/mol. The van der Waals surface area contributed by atoms with Crippen LogP contribution in [0, 0.1) is 5.82 Å². The van der Waals surface area contributed by atoms with Crippen molar-refractivity contribution in [3.63, 3.8) is 0 Å². The smallest absolute Gasteiger partial charge is 0.355 e. The third-order valence-electron chi connectivity index (χ3n) is 5.70. The van der Waals surface area contributed by atoms with Crippen molar-refractivity contribution in [1.29, 1.82) is 0 Å². The van der Waals surface area contributed by atoms with E-state index in [0.29, 0.717) is 26.6 Å². The fourth-order valence-electron chi connectivity index (χ4n) is 3.99. The molecule has 0 aliphatic rings. The maximum Gasteiger partial charge on any atom is 0.355 e. The summed E-state index contributed by atoms with van der Waals surface area (Å²) >= 11 is 2.74. The molecule has 0 fully saturated rings. The number of halogens is 1. The molecule has 38 heavy (non-hydrogen) atoms. The summed E-state index contributed by atoms with van der Waals surface area (Å²) in [5.74, 6) is -0.967. The van der Waals surface area contributed by atoms with Gasteiger partial charge in [-0.15, -0.1) is 21.5 Å². The maximum atomic E-state index is 14.0. The predicted molar refractivity (Wildman–Crippen MR) is 145 cm³/mol. The number of carbonyl (C=O) groups is 1. The van der Waals surface area contributed by atoms with Crippen molar-refractivity contribution in [1.82, 2.24) is 24.7 Å². The number of hydrogen-bond donors (Lipinski definition) is 2. The number of thiazole rings is 2. The zero-order valence-electron chi connectivity index (χ0n) is 19.8. The number of rotatable bonds is 8. The van der Waals surface area contributed by atoms with Gasteiger partial charge in [0.05, 0.1) is 10.2 Å². The van der Waals surface area contributed by atoms with Crippen LogP contribution in [0.3, 0.4) is 0 Å². The van der Waals surface area contributed by atoms with Crippen molar-refractivity contribution in [2.75, 3.05) is 5.32 Å². The van der Waals surface area contributed by atoms with Crippen LogP contribution < -0.4 is 10.1 Å². The second-order valence-electron chi connectivity index (χ2n) is 8.44. The maximum absolute atomic E-state index is 14.0. The Bertz CT molecular complexity index is 1760. The third-order valence-corrected chi connectivity index (χ3v) is 7.72. The second kappa shape index (κ2) is 9.80. The minimum Gasteiger partial charge on any atom is -0.487 e. The molecule has 0 bridgehead atoms. The molecule has 1 unspecified atom stereocenters. The quantitative estimate of drug-likeness (QED) is 0.236. The van der Waals surface area contributed by atoms with E-state index in [0.717, 1.165) is 15.6 Å². The van der Waals surface area contributed by atoms with Gasteiger partial charge in [0.15, 0.2) is 39.0 Å². The zero-order valence-corrected chi connectivity index (χ0v) is 21.5. The number of fused-ring (bicyclic) bond motifs is 2. The van der Waals surface area contributed by atoms with Gasteiger partial charge in [-0.1, -0.05) is 35.6 Å². The predicted octanol–water partition coefficient (Wildman–Crippen LogP) is 6.08. The van der Waals surface area contributed by atoms with Crippen molar-refractivity contribution in [3.05, 3.63) is 83.2 Å². The van der Waals surface area contributed by atoms with E-state index >= 15 is 0 Å². The molecule has 0 aliphatic heterocycles. The second-order valence-corrected chi connectivity index (χ2v) is 10.5. The Hall–Kier alpha value is -4.42. The number of aromatic carboxylic acids is 1. The Kier molecular flexibility index (Phi) is 6.18. The van der Waals surface area contributed by atoms with E-state index in [-0.39, 0.29) is 17.9 Å². The van der Waals surface area contributed by atoms with Crippen LogP contribution in [0.15, 0.2) is 66.9 Å². The van der Waals surface area contributed by atoms with Crippen LogP contribution in [-0.2, 0) is 6.42 Å². The van der Waals surface area contributed by atoms with E-state index in [4.69, 9.17) is 4.74 Å². The van der Waals surface area contributed by atoms with Crippen molar-refractivity contribution in [3.8, 4) is 10.9 Å². The SMILES string of the molecule is CC(Cc1sc(-n2ccc3cc(Nc4nc5ccccc5s4)nnc32)nc1C(=O)O)Oc1ccccc1F. The Labute approximate surface area is 223 Å². The summed E-state index contributed by atoms with van der Waals surface area (Å²) in [4.78, 5) is 21.4. The zero-order chi connectivity index (χ0) is 26.2. The molecule has 9 nitrogen and oxygen atoms in total. The minimum atomic E-state index is -1.15. The van der Waals surface area contributed by atoms with E-state index in [1.54, 1.807) is 29.8 Å².